The van der Waals surface area contributed by atoms with E-state index in [1.54, 1.807) is 80.3 Å². The van der Waals surface area contributed by atoms with Gasteiger partial charge in [0.05, 0.1) is 46.1 Å². The van der Waals surface area contributed by atoms with Gasteiger partial charge in [-0.05, 0) is 62.7 Å². The molecule has 6 aromatic rings. The highest BCUT2D eigenvalue weighted by Crippen LogP contribution is 2.34. The molecule has 1 atom stereocenters. The molecular formula is C33H27Cl2F3N8O2. The smallest absolute Gasteiger partial charge is 0.338 e. The van der Waals surface area contributed by atoms with Crippen LogP contribution in [0.1, 0.15) is 55.1 Å². The number of esters is 1. The van der Waals surface area contributed by atoms with Crippen LogP contribution in [0.25, 0.3) is 27.9 Å². The fourth-order valence-corrected chi connectivity index (χ4v) is 5.32. The van der Waals surface area contributed by atoms with E-state index in [1.165, 1.54) is 35.4 Å². The average molecular weight is 696 g/mol. The fraction of sp³-hybridized carbons (Fsp3) is 0.212. The van der Waals surface area contributed by atoms with Crippen molar-refractivity contribution in [1.82, 2.24) is 39.5 Å². The van der Waals surface area contributed by atoms with Crippen LogP contribution in [-0.4, -0.2) is 51.1 Å². The molecule has 0 saturated carbocycles. The van der Waals surface area contributed by atoms with Crippen molar-refractivity contribution in [3.63, 3.8) is 0 Å². The first kappa shape index (κ1) is 32.9. The molecule has 1 unspecified atom stereocenters. The van der Waals surface area contributed by atoms with Crippen molar-refractivity contribution in [1.29, 1.82) is 0 Å². The minimum atomic E-state index is -2.80. The normalized spacial score (nSPS) is 12.4. The van der Waals surface area contributed by atoms with Crippen molar-refractivity contribution < 1.29 is 22.7 Å². The summed E-state index contributed by atoms with van der Waals surface area (Å²) in [5.41, 5.74) is 3.07. The van der Waals surface area contributed by atoms with Crippen molar-refractivity contribution in [3.8, 4) is 27.9 Å². The number of halogens is 5. The highest BCUT2D eigenvalue weighted by molar-refractivity contribution is 6.31. The Kier molecular flexibility index (Phi) is 9.08. The lowest BCUT2D eigenvalue weighted by molar-refractivity contribution is 0.00694. The quantitative estimate of drug-likeness (QED) is 0.141. The number of hydrogen-bond acceptors (Lipinski definition) is 7. The maximum atomic E-state index is 15.5. The number of aromatic nitrogens is 8. The predicted molar refractivity (Wildman–Crippen MR) is 173 cm³/mol. The SMILES string of the molecule is CC(C)(C)OC(=O)c1ccc(-c2cnn(C(Cc3ccn(C(F)F)n3)c3ccc(-c4c(-n5cc(Cl)nn5)ccc(Cl)c4F)cn3)c2)cc1. The van der Waals surface area contributed by atoms with E-state index < -0.39 is 30.0 Å². The van der Waals surface area contributed by atoms with Crippen LogP contribution in [0.5, 0.6) is 0 Å². The van der Waals surface area contributed by atoms with Crippen molar-refractivity contribution >= 4 is 29.2 Å². The number of pyridine rings is 1. The van der Waals surface area contributed by atoms with Gasteiger partial charge in [0.15, 0.2) is 11.0 Å². The molecule has 0 bridgehead atoms. The minimum absolute atomic E-state index is 0.0975. The van der Waals surface area contributed by atoms with Gasteiger partial charge < -0.3 is 4.74 Å². The lowest BCUT2D eigenvalue weighted by atomic mass is 10.0. The molecule has 0 radical (unpaired) electrons. The molecule has 15 heteroatoms. The maximum Gasteiger partial charge on any atom is 0.338 e. The molecule has 246 valence electrons. The number of carbonyl (C=O) groups is 1. The second kappa shape index (κ2) is 13.2. The molecule has 0 saturated heterocycles. The first-order chi connectivity index (χ1) is 22.9. The average Bonchev–Trinajstić information content (AvgIpc) is 3.82. The molecule has 0 aliphatic heterocycles. The van der Waals surface area contributed by atoms with E-state index in [9.17, 15) is 13.6 Å². The van der Waals surface area contributed by atoms with Crippen molar-refractivity contribution in [2.24, 2.45) is 0 Å². The maximum absolute atomic E-state index is 15.5. The fourth-order valence-electron chi connectivity index (χ4n) is 5.04. The van der Waals surface area contributed by atoms with E-state index in [0.29, 0.717) is 32.9 Å². The van der Waals surface area contributed by atoms with E-state index in [0.717, 1.165) is 11.1 Å². The Morgan fingerprint density at radius 3 is 2.29 bits per heavy atom. The standard InChI is InChI=1S/C33H27Cl2F3N8O2/c1-33(2,3)48-31(47)20-6-4-19(5-7-20)22-16-40-45(17-22)27(14-23-12-13-44(42-23)32(37)38)25-10-8-21(15-39-25)29-26(11-9-24(34)30(29)36)46-18-28(35)41-43-46/h4-13,15-18,27,32H,14H2,1-3H3. The summed E-state index contributed by atoms with van der Waals surface area (Å²) in [4.78, 5) is 17.1. The zero-order valence-electron chi connectivity index (χ0n) is 25.7. The molecule has 4 aromatic heterocycles. The van der Waals surface area contributed by atoms with Crippen molar-refractivity contribution in [2.45, 2.75) is 45.4 Å². The van der Waals surface area contributed by atoms with Gasteiger partial charge in [-0.1, -0.05) is 46.6 Å². The second-order valence-electron chi connectivity index (χ2n) is 11.8. The number of alkyl halides is 2. The van der Waals surface area contributed by atoms with Gasteiger partial charge in [0.1, 0.15) is 5.60 Å². The molecule has 0 N–H and O–H groups in total. The van der Waals surface area contributed by atoms with E-state index in [-0.39, 0.29) is 22.2 Å². The van der Waals surface area contributed by atoms with Gasteiger partial charge in [-0.3, -0.25) is 9.67 Å². The first-order valence-electron chi connectivity index (χ1n) is 14.6. The number of carbonyl (C=O) groups excluding carboxylic acids is 1. The summed E-state index contributed by atoms with van der Waals surface area (Å²) in [5, 5.41) is 16.3. The summed E-state index contributed by atoms with van der Waals surface area (Å²) in [7, 11) is 0. The molecule has 2 aromatic carbocycles. The number of hydrogen-bond donors (Lipinski definition) is 0. The van der Waals surface area contributed by atoms with Gasteiger partial charge in [0.2, 0.25) is 0 Å². The van der Waals surface area contributed by atoms with Crippen LogP contribution in [0.3, 0.4) is 0 Å². The topological polar surface area (TPSA) is 106 Å². The summed E-state index contributed by atoms with van der Waals surface area (Å²) < 4.78 is 51.1. The molecular weight excluding hydrogens is 668 g/mol. The van der Waals surface area contributed by atoms with E-state index >= 15 is 4.39 Å². The Hall–Kier alpha value is -5.01. The Bertz CT molecular complexity index is 2070. The van der Waals surface area contributed by atoms with E-state index in [2.05, 4.69) is 25.5 Å². The van der Waals surface area contributed by atoms with E-state index in [1.807, 2.05) is 0 Å². The third kappa shape index (κ3) is 7.11. The molecule has 10 nitrogen and oxygen atoms in total. The van der Waals surface area contributed by atoms with Crippen molar-refractivity contribution in [3.05, 3.63) is 119 Å². The Morgan fingerprint density at radius 1 is 0.917 bits per heavy atom. The zero-order valence-corrected chi connectivity index (χ0v) is 27.2. The Balaban J connectivity index is 1.34. The zero-order chi connectivity index (χ0) is 34.2. The summed E-state index contributed by atoms with van der Waals surface area (Å²) in [6, 6.07) is 14.2. The third-order valence-electron chi connectivity index (χ3n) is 7.24. The Morgan fingerprint density at radius 2 is 1.67 bits per heavy atom. The Labute approximate surface area is 282 Å². The summed E-state index contributed by atoms with van der Waals surface area (Å²) in [5.74, 6) is -1.11. The van der Waals surface area contributed by atoms with Crippen LogP contribution in [0.4, 0.5) is 13.2 Å². The molecule has 4 heterocycles. The summed E-state index contributed by atoms with van der Waals surface area (Å²) in [6.07, 6.45) is 7.73. The van der Waals surface area contributed by atoms with Crippen LogP contribution in [0.2, 0.25) is 10.2 Å². The molecule has 0 aliphatic carbocycles. The van der Waals surface area contributed by atoms with Crippen LogP contribution in [-0.2, 0) is 11.2 Å². The minimum Gasteiger partial charge on any atom is -0.456 e. The third-order valence-corrected chi connectivity index (χ3v) is 7.71. The molecule has 0 spiro atoms. The monoisotopic (exact) mass is 694 g/mol. The van der Waals surface area contributed by atoms with Crippen LogP contribution in [0, 0.1) is 5.82 Å². The predicted octanol–water partition coefficient (Wildman–Crippen LogP) is 8.02. The molecule has 0 amide bonds. The molecule has 0 fully saturated rings. The van der Waals surface area contributed by atoms with Crippen LogP contribution < -0.4 is 0 Å². The second-order valence-corrected chi connectivity index (χ2v) is 12.6. The van der Waals surface area contributed by atoms with Crippen LogP contribution in [0.15, 0.2) is 85.6 Å². The van der Waals surface area contributed by atoms with Gasteiger partial charge in [-0.2, -0.15) is 19.0 Å². The van der Waals surface area contributed by atoms with E-state index in [4.69, 9.17) is 27.9 Å². The van der Waals surface area contributed by atoms with Crippen LogP contribution >= 0.6 is 23.2 Å². The lowest BCUT2D eigenvalue weighted by Gasteiger charge is -2.19. The lowest BCUT2D eigenvalue weighted by Crippen LogP contribution is -2.23. The van der Waals surface area contributed by atoms with Gasteiger partial charge in [0.25, 0.3) is 0 Å². The molecule has 0 aliphatic rings. The summed E-state index contributed by atoms with van der Waals surface area (Å²) in [6.45, 7) is 2.60. The van der Waals surface area contributed by atoms with Crippen molar-refractivity contribution in [2.75, 3.05) is 0 Å². The molecule has 48 heavy (non-hydrogen) atoms. The highest BCUT2D eigenvalue weighted by atomic mass is 35.5. The van der Waals surface area contributed by atoms with Gasteiger partial charge >= 0.3 is 12.5 Å². The highest BCUT2D eigenvalue weighted by Gasteiger charge is 2.23. The number of rotatable bonds is 9. The van der Waals surface area contributed by atoms with Gasteiger partial charge in [-0.25, -0.2) is 18.5 Å². The van der Waals surface area contributed by atoms with Gasteiger partial charge in [-0.15, -0.1) is 5.10 Å². The first-order valence-corrected chi connectivity index (χ1v) is 15.3. The summed E-state index contributed by atoms with van der Waals surface area (Å²) >= 11 is 12.1. The number of ether oxygens (including phenoxy) is 1. The van der Waals surface area contributed by atoms with Gasteiger partial charge in [0, 0.05) is 41.7 Å². The molecule has 6 rings (SSSR count). The number of nitrogens with zero attached hydrogens (tertiary/aromatic N) is 8. The largest absolute Gasteiger partial charge is 0.456 e. The number of benzene rings is 2.